The lowest BCUT2D eigenvalue weighted by molar-refractivity contribution is 0.145. The maximum atomic E-state index is 4.56. The van der Waals surface area contributed by atoms with E-state index in [1.807, 2.05) is 12.4 Å². The molecule has 0 spiro atoms. The minimum Gasteiger partial charge on any atom is -0.377 e. The molecule has 134 valence electrons. The van der Waals surface area contributed by atoms with Gasteiger partial charge in [0.25, 0.3) is 0 Å². The number of anilines is 1. The van der Waals surface area contributed by atoms with E-state index in [0.29, 0.717) is 6.04 Å². The van der Waals surface area contributed by atoms with Crippen LogP contribution in [0.3, 0.4) is 0 Å². The Labute approximate surface area is 156 Å². The summed E-state index contributed by atoms with van der Waals surface area (Å²) in [6, 6.07) is 8.97. The number of halogens is 2. The first-order valence-electron chi connectivity index (χ1n) is 7.84. The molecular weight excluding hydrogens is 345 g/mol. The van der Waals surface area contributed by atoms with Crippen LogP contribution in [0.2, 0.25) is 0 Å². The number of nitrogens with zero attached hydrogens (tertiary/aromatic N) is 4. The number of hydrogen-bond donors (Lipinski definition) is 1. The van der Waals surface area contributed by atoms with E-state index in [0.717, 1.165) is 32.0 Å². The molecule has 1 N–H and O–H groups in total. The second-order valence-electron chi connectivity index (χ2n) is 6.11. The van der Waals surface area contributed by atoms with E-state index >= 15 is 0 Å². The maximum absolute atomic E-state index is 4.56. The monoisotopic (exact) mass is 371 g/mol. The second-order valence-corrected chi connectivity index (χ2v) is 6.11. The predicted molar refractivity (Wildman–Crippen MR) is 104 cm³/mol. The average Bonchev–Trinajstić information content (AvgIpc) is 2.94. The molecule has 1 aromatic heterocycles. The Bertz CT molecular complexity index is 629. The van der Waals surface area contributed by atoms with Crippen LogP contribution in [0.25, 0.3) is 0 Å². The van der Waals surface area contributed by atoms with Crippen LogP contribution in [0, 0.1) is 0 Å². The molecule has 1 aliphatic heterocycles. The van der Waals surface area contributed by atoms with Gasteiger partial charge in [0.2, 0.25) is 0 Å². The molecule has 0 amide bonds. The van der Waals surface area contributed by atoms with Crippen molar-refractivity contribution in [3.63, 3.8) is 0 Å². The molecule has 0 radical (unpaired) electrons. The summed E-state index contributed by atoms with van der Waals surface area (Å²) in [5.74, 6) is 1.13. The summed E-state index contributed by atoms with van der Waals surface area (Å²) in [7, 11) is 6.28. The molecule has 1 aliphatic rings. The van der Waals surface area contributed by atoms with Gasteiger partial charge in [-0.15, -0.1) is 24.8 Å². The lowest BCUT2D eigenvalue weighted by atomic mass is 10.1. The predicted octanol–water partition coefficient (Wildman–Crippen LogP) is 2.48. The van der Waals surface area contributed by atoms with Crippen LogP contribution in [-0.2, 0) is 13.6 Å². The molecule has 2 heterocycles. The Morgan fingerprint density at radius 3 is 2.67 bits per heavy atom. The molecule has 24 heavy (non-hydrogen) atoms. The van der Waals surface area contributed by atoms with Crippen molar-refractivity contribution < 1.29 is 0 Å². The summed E-state index contributed by atoms with van der Waals surface area (Å²) in [5, 5.41) is 3.50. The van der Waals surface area contributed by atoms with Crippen LogP contribution in [0.15, 0.2) is 36.7 Å². The number of piperazine rings is 1. The van der Waals surface area contributed by atoms with Crippen molar-refractivity contribution >= 4 is 30.5 Å². The lowest BCUT2D eigenvalue weighted by Gasteiger charge is -2.36. The second kappa shape index (κ2) is 9.28. The molecular formula is C17H27Cl2N5. The highest BCUT2D eigenvalue weighted by Crippen LogP contribution is 2.26. The molecule has 1 aromatic carbocycles. The lowest BCUT2D eigenvalue weighted by Crippen LogP contribution is -2.46. The number of benzene rings is 1. The van der Waals surface area contributed by atoms with E-state index in [1.54, 1.807) is 0 Å². The van der Waals surface area contributed by atoms with Crippen molar-refractivity contribution in [2.45, 2.75) is 12.6 Å². The smallest absolute Gasteiger partial charge is 0.127 e. The number of imidazole rings is 1. The molecule has 2 aromatic rings. The highest BCUT2D eigenvalue weighted by atomic mass is 35.5. The molecule has 7 heteroatoms. The van der Waals surface area contributed by atoms with Crippen LogP contribution in [-0.4, -0.2) is 48.2 Å². The fourth-order valence-electron chi connectivity index (χ4n) is 3.19. The normalized spacial score (nSPS) is 17.7. The Morgan fingerprint density at radius 1 is 1.25 bits per heavy atom. The van der Waals surface area contributed by atoms with Crippen LogP contribution >= 0.6 is 24.8 Å². The van der Waals surface area contributed by atoms with Gasteiger partial charge in [-0.1, -0.05) is 18.2 Å². The summed E-state index contributed by atoms with van der Waals surface area (Å²) in [4.78, 5) is 9.28. The van der Waals surface area contributed by atoms with Crippen LogP contribution in [0.5, 0.6) is 0 Å². The standard InChI is InChI=1S/C17H25N5.2ClH/c1-20(2)15-7-5-4-6-14(15)13-22-11-8-18-12-16(22)17-19-9-10-21(17)3;;/h4-7,9-10,16,18H,8,11-13H2,1-3H3;2*1H. The molecule has 1 fully saturated rings. The van der Waals surface area contributed by atoms with Crippen molar-refractivity contribution in [2.75, 3.05) is 38.6 Å². The van der Waals surface area contributed by atoms with Crippen molar-refractivity contribution in [1.82, 2.24) is 19.8 Å². The molecule has 0 bridgehead atoms. The highest BCUT2D eigenvalue weighted by Gasteiger charge is 2.27. The summed E-state index contributed by atoms with van der Waals surface area (Å²) < 4.78 is 2.13. The maximum Gasteiger partial charge on any atom is 0.127 e. The van der Waals surface area contributed by atoms with Crippen LogP contribution in [0.4, 0.5) is 5.69 Å². The molecule has 1 saturated heterocycles. The van der Waals surface area contributed by atoms with Gasteiger partial charge in [-0.3, -0.25) is 4.90 Å². The Hall–Kier alpha value is -1.27. The summed E-state index contributed by atoms with van der Waals surface area (Å²) >= 11 is 0. The van der Waals surface area contributed by atoms with Crippen LogP contribution < -0.4 is 10.2 Å². The number of nitrogens with one attached hydrogen (secondary N) is 1. The van der Waals surface area contributed by atoms with Gasteiger partial charge in [0.05, 0.1) is 6.04 Å². The topological polar surface area (TPSA) is 36.3 Å². The van der Waals surface area contributed by atoms with Gasteiger partial charge in [-0.2, -0.15) is 0 Å². The first-order chi connectivity index (χ1) is 10.7. The van der Waals surface area contributed by atoms with Gasteiger partial charge in [-0.05, 0) is 11.6 Å². The highest BCUT2D eigenvalue weighted by molar-refractivity contribution is 5.85. The van der Waals surface area contributed by atoms with Crippen LogP contribution in [0.1, 0.15) is 17.4 Å². The fraction of sp³-hybridized carbons (Fsp3) is 0.471. The van der Waals surface area contributed by atoms with Crippen molar-refractivity contribution in [1.29, 1.82) is 0 Å². The van der Waals surface area contributed by atoms with Gasteiger partial charge < -0.3 is 14.8 Å². The van der Waals surface area contributed by atoms with Gasteiger partial charge in [0.15, 0.2) is 0 Å². The van der Waals surface area contributed by atoms with E-state index in [9.17, 15) is 0 Å². The zero-order valence-corrected chi connectivity index (χ0v) is 16.1. The summed E-state index contributed by atoms with van der Waals surface area (Å²) in [6.07, 6.45) is 3.91. The van der Waals surface area contributed by atoms with Crippen molar-refractivity contribution in [3.05, 3.63) is 48.0 Å². The zero-order chi connectivity index (χ0) is 15.5. The fourth-order valence-corrected chi connectivity index (χ4v) is 3.19. The van der Waals surface area contributed by atoms with E-state index in [-0.39, 0.29) is 24.8 Å². The summed E-state index contributed by atoms with van der Waals surface area (Å²) in [5.41, 5.74) is 2.66. The van der Waals surface area contributed by atoms with Gasteiger partial charge in [0, 0.05) is 65.4 Å². The Kier molecular flexibility index (Phi) is 8.03. The van der Waals surface area contributed by atoms with Gasteiger partial charge in [-0.25, -0.2) is 4.98 Å². The molecule has 1 unspecified atom stereocenters. The number of para-hydroxylation sites is 1. The molecule has 3 rings (SSSR count). The third kappa shape index (κ3) is 4.42. The number of rotatable bonds is 4. The average molecular weight is 372 g/mol. The van der Waals surface area contributed by atoms with E-state index in [1.165, 1.54) is 11.3 Å². The Balaban J connectivity index is 0.00000144. The third-order valence-electron chi connectivity index (χ3n) is 4.36. The van der Waals surface area contributed by atoms with Crippen molar-refractivity contribution in [2.24, 2.45) is 7.05 Å². The van der Waals surface area contributed by atoms with Gasteiger partial charge in [0.1, 0.15) is 5.82 Å². The van der Waals surface area contributed by atoms with E-state index in [2.05, 4.69) is 70.1 Å². The molecule has 0 saturated carbocycles. The zero-order valence-electron chi connectivity index (χ0n) is 14.5. The first-order valence-corrected chi connectivity index (χ1v) is 7.84. The van der Waals surface area contributed by atoms with E-state index < -0.39 is 0 Å². The molecule has 5 nitrogen and oxygen atoms in total. The quantitative estimate of drug-likeness (QED) is 0.895. The summed E-state index contributed by atoms with van der Waals surface area (Å²) in [6.45, 7) is 3.98. The molecule has 0 aliphatic carbocycles. The first kappa shape index (κ1) is 20.8. The van der Waals surface area contributed by atoms with Gasteiger partial charge >= 0.3 is 0 Å². The molecule has 1 atom stereocenters. The minimum absolute atomic E-state index is 0. The largest absolute Gasteiger partial charge is 0.377 e. The number of aromatic nitrogens is 2. The SMILES string of the molecule is CN(C)c1ccccc1CN1CCNCC1c1nccn1C.Cl.Cl. The van der Waals surface area contributed by atoms with E-state index in [4.69, 9.17) is 0 Å². The third-order valence-corrected chi connectivity index (χ3v) is 4.36. The Morgan fingerprint density at radius 2 is 2.00 bits per heavy atom. The van der Waals surface area contributed by atoms with Crippen molar-refractivity contribution in [3.8, 4) is 0 Å². The number of aryl methyl sites for hydroxylation is 1. The number of hydrogen-bond acceptors (Lipinski definition) is 4. The minimum atomic E-state index is 0.